The first-order valence-corrected chi connectivity index (χ1v) is 6.73. The fourth-order valence-electron chi connectivity index (χ4n) is 2.79. The van der Waals surface area contributed by atoms with Gasteiger partial charge in [0.15, 0.2) is 0 Å². The number of nitrogens with zero attached hydrogens (tertiary/aromatic N) is 2. The number of hydrogen-bond donors (Lipinski definition) is 2. The Morgan fingerprint density at radius 2 is 2.32 bits per heavy atom. The number of nitrogens with one attached hydrogen (secondary N) is 1. The number of imidazole rings is 1. The van der Waals surface area contributed by atoms with E-state index in [0.717, 1.165) is 25.0 Å². The van der Waals surface area contributed by atoms with Gasteiger partial charge in [-0.2, -0.15) is 0 Å². The molecule has 5 heteroatoms. The minimum Gasteiger partial charge on any atom is -0.366 e. The summed E-state index contributed by atoms with van der Waals surface area (Å²) in [4.78, 5) is 15.8. The van der Waals surface area contributed by atoms with Crippen LogP contribution in [-0.4, -0.2) is 28.5 Å². The maximum absolute atomic E-state index is 11.4. The number of para-hydroxylation sites is 1. The number of primary amides is 1. The van der Waals surface area contributed by atoms with Crippen LogP contribution in [0.25, 0.3) is 11.0 Å². The van der Waals surface area contributed by atoms with Crippen molar-refractivity contribution in [3.05, 3.63) is 30.1 Å². The average molecular weight is 258 g/mol. The second kappa shape index (κ2) is 5.01. The Morgan fingerprint density at radius 1 is 1.42 bits per heavy atom. The zero-order valence-corrected chi connectivity index (χ0v) is 10.8. The van der Waals surface area contributed by atoms with E-state index in [0.29, 0.717) is 17.1 Å². The van der Waals surface area contributed by atoms with Crippen molar-refractivity contribution in [3.63, 3.8) is 0 Å². The molecule has 1 amide bonds. The van der Waals surface area contributed by atoms with E-state index in [1.807, 2.05) is 18.5 Å². The minimum absolute atomic E-state index is 0.399. The first kappa shape index (κ1) is 12.2. The monoisotopic (exact) mass is 258 g/mol. The van der Waals surface area contributed by atoms with Crippen molar-refractivity contribution < 1.29 is 4.79 Å². The van der Waals surface area contributed by atoms with Crippen LogP contribution >= 0.6 is 0 Å². The van der Waals surface area contributed by atoms with Crippen molar-refractivity contribution in [1.29, 1.82) is 0 Å². The summed E-state index contributed by atoms with van der Waals surface area (Å²) in [5.74, 6) is -0.421. The van der Waals surface area contributed by atoms with Crippen LogP contribution in [-0.2, 0) is 0 Å². The van der Waals surface area contributed by atoms with Gasteiger partial charge in [0.25, 0.3) is 5.91 Å². The molecule has 1 aliphatic rings. The van der Waals surface area contributed by atoms with Crippen molar-refractivity contribution in [2.45, 2.75) is 25.3 Å². The number of carbonyl (C=O) groups excluding carboxylic acids is 1. The fraction of sp³-hybridized carbons (Fsp3) is 0.429. The summed E-state index contributed by atoms with van der Waals surface area (Å²) in [6.45, 7) is 2.03. The molecule has 3 N–H and O–H groups in total. The van der Waals surface area contributed by atoms with Crippen LogP contribution in [0, 0.1) is 0 Å². The lowest BCUT2D eigenvalue weighted by atomic mass is 10.1. The van der Waals surface area contributed by atoms with Crippen LogP contribution in [0.2, 0.25) is 0 Å². The number of benzene rings is 1. The fourth-order valence-corrected chi connectivity index (χ4v) is 2.79. The summed E-state index contributed by atoms with van der Waals surface area (Å²) in [5.41, 5.74) is 7.59. The van der Waals surface area contributed by atoms with Crippen molar-refractivity contribution >= 4 is 16.9 Å². The van der Waals surface area contributed by atoms with Gasteiger partial charge >= 0.3 is 0 Å². The molecular weight excluding hydrogens is 240 g/mol. The molecule has 1 saturated heterocycles. The molecule has 0 aliphatic carbocycles. The SMILES string of the molecule is NC(=O)c1cccc2c1ncn2C1CCCCNC1. The van der Waals surface area contributed by atoms with E-state index in [1.54, 1.807) is 6.07 Å². The van der Waals surface area contributed by atoms with Gasteiger partial charge in [0, 0.05) is 12.6 Å². The average Bonchev–Trinajstić information content (AvgIpc) is 2.66. The molecule has 0 radical (unpaired) electrons. The van der Waals surface area contributed by atoms with E-state index in [4.69, 9.17) is 5.73 Å². The van der Waals surface area contributed by atoms with Crippen LogP contribution in [0.1, 0.15) is 35.7 Å². The molecular formula is C14H18N4O. The van der Waals surface area contributed by atoms with Crippen molar-refractivity contribution in [2.75, 3.05) is 13.1 Å². The lowest BCUT2D eigenvalue weighted by Crippen LogP contribution is -2.22. The molecule has 0 bridgehead atoms. The van der Waals surface area contributed by atoms with Crippen molar-refractivity contribution in [3.8, 4) is 0 Å². The number of rotatable bonds is 2. The van der Waals surface area contributed by atoms with E-state index >= 15 is 0 Å². The minimum atomic E-state index is -0.421. The Kier molecular flexibility index (Phi) is 3.21. The topological polar surface area (TPSA) is 72.9 Å². The third kappa shape index (κ3) is 2.21. The second-order valence-corrected chi connectivity index (χ2v) is 5.04. The van der Waals surface area contributed by atoms with Crippen LogP contribution < -0.4 is 11.1 Å². The molecule has 0 saturated carbocycles. The van der Waals surface area contributed by atoms with Gasteiger partial charge in [0.1, 0.15) is 5.52 Å². The highest BCUT2D eigenvalue weighted by Gasteiger charge is 2.18. The Hall–Kier alpha value is -1.88. The number of nitrogens with two attached hydrogens (primary N) is 1. The zero-order valence-electron chi connectivity index (χ0n) is 10.8. The maximum atomic E-state index is 11.4. The molecule has 5 nitrogen and oxygen atoms in total. The van der Waals surface area contributed by atoms with Gasteiger partial charge < -0.3 is 15.6 Å². The molecule has 0 spiro atoms. The highest BCUT2D eigenvalue weighted by Crippen LogP contribution is 2.24. The van der Waals surface area contributed by atoms with Gasteiger partial charge in [-0.3, -0.25) is 4.79 Å². The summed E-state index contributed by atoms with van der Waals surface area (Å²) in [6, 6.07) is 5.99. The van der Waals surface area contributed by atoms with Crippen LogP contribution in [0.3, 0.4) is 0 Å². The van der Waals surface area contributed by atoms with Gasteiger partial charge in [0.2, 0.25) is 0 Å². The first-order chi connectivity index (χ1) is 9.27. The second-order valence-electron chi connectivity index (χ2n) is 5.04. The summed E-state index contributed by atoms with van der Waals surface area (Å²) in [7, 11) is 0. The summed E-state index contributed by atoms with van der Waals surface area (Å²) in [6.07, 6.45) is 5.40. The van der Waals surface area contributed by atoms with Gasteiger partial charge in [-0.1, -0.05) is 12.5 Å². The largest absolute Gasteiger partial charge is 0.366 e. The number of fused-ring (bicyclic) bond motifs is 1. The van der Waals surface area contributed by atoms with Gasteiger partial charge in [-0.05, 0) is 31.5 Å². The summed E-state index contributed by atoms with van der Waals surface area (Å²) < 4.78 is 2.17. The molecule has 19 heavy (non-hydrogen) atoms. The Labute approximate surface area is 111 Å². The standard InChI is InChI=1S/C14H18N4O/c15-14(19)11-5-3-6-12-13(11)17-9-18(12)10-4-1-2-7-16-8-10/h3,5-6,9-10,16H,1-2,4,7-8H2,(H2,15,19). The predicted octanol–water partition coefficient (Wildman–Crippen LogP) is 1.45. The third-order valence-corrected chi connectivity index (χ3v) is 3.78. The molecule has 2 aromatic rings. The maximum Gasteiger partial charge on any atom is 0.250 e. The molecule has 1 fully saturated rings. The molecule has 1 unspecified atom stereocenters. The number of hydrogen-bond acceptors (Lipinski definition) is 3. The van der Waals surface area contributed by atoms with E-state index in [-0.39, 0.29) is 0 Å². The number of aromatic nitrogens is 2. The molecule has 3 rings (SSSR count). The molecule has 1 aliphatic heterocycles. The van der Waals surface area contributed by atoms with Crippen LogP contribution in [0.5, 0.6) is 0 Å². The highest BCUT2D eigenvalue weighted by molar-refractivity contribution is 6.04. The normalized spacial score (nSPS) is 20.3. The zero-order chi connectivity index (χ0) is 13.2. The number of amides is 1. The van der Waals surface area contributed by atoms with Gasteiger partial charge in [0.05, 0.1) is 17.4 Å². The van der Waals surface area contributed by atoms with Crippen LogP contribution in [0.15, 0.2) is 24.5 Å². The van der Waals surface area contributed by atoms with E-state index < -0.39 is 5.91 Å². The van der Waals surface area contributed by atoms with Crippen molar-refractivity contribution in [2.24, 2.45) is 5.73 Å². The molecule has 1 atom stereocenters. The molecule has 100 valence electrons. The van der Waals surface area contributed by atoms with Gasteiger partial charge in [-0.25, -0.2) is 4.98 Å². The van der Waals surface area contributed by atoms with E-state index in [2.05, 4.69) is 14.9 Å². The van der Waals surface area contributed by atoms with E-state index in [1.165, 1.54) is 12.8 Å². The Balaban J connectivity index is 2.05. The predicted molar refractivity (Wildman–Crippen MR) is 74.0 cm³/mol. The highest BCUT2D eigenvalue weighted by atomic mass is 16.1. The third-order valence-electron chi connectivity index (χ3n) is 3.78. The molecule has 1 aromatic carbocycles. The van der Waals surface area contributed by atoms with E-state index in [9.17, 15) is 4.79 Å². The quantitative estimate of drug-likeness (QED) is 0.856. The van der Waals surface area contributed by atoms with Crippen molar-refractivity contribution in [1.82, 2.24) is 14.9 Å². The summed E-state index contributed by atoms with van der Waals surface area (Å²) >= 11 is 0. The van der Waals surface area contributed by atoms with Gasteiger partial charge in [-0.15, -0.1) is 0 Å². The smallest absolute Gasteiger partial charge is 0.250 e. The molecule has 1 aromatic heterocycles. The lowest BCUT2D eigenvalue weighted by molar-refractivity contribution is 0.100. The van der Waals surface area contributed by atoms with Crippen LogP contribution in [0.4, 0.5) is 0 Å². The lowest BCUT2D eigenvalue weighted by Gasteiger charge is -2.17. The first-order valence-electron chi connectivity index (χ1n) is 6.73. The molecule has 2 heterocycles. The number of carbonyl (C=O) groups is 1. The Bertz CT molecular complexity index is 597. The summed E-state index contributed by atoms with van der Waals surface area (Å²) in [5, 5.41) is 3.45. The Morgan fingerprint density at radius 3 is 3.16 bits per heavy atom.